The molecule has 11 aromatic carbocycles. The molecule has 0 N–H and O–H groups in total. The lowest BCUT2D eigenvalue weighted by Crippen LogP contribution is -2.32. The van der Waals surface area contributed by atoms with Crippen molar-refractivity contribution in [1.29, 1.82) is 0 Å². The second-order valence-electron chi connectivity index (χ2n) is 19.9. The van der Waals surface area contributed by atoms with Gasteiger partial charge in [-0.25, -0.2) is 0 Å². The Balaban J connectivity index is 0.894. The van der Waals surface area contributed by atoms with Crippen molar-refractivity contribution in [2.45, 2.75) is 30.4 Å². The van der Waals surface area contributed by atoms with Gasteiger partial charge in [0.05, 0.1) is 21.9 Å². The van der Waals surface area contributed by atoms with Crippen LogP contribution in [-0.2, 0) is 10.8 Å². The monoisotopic (exact) mass is 977 g/mol. The van der Waals surface area contributed by atoms with Crippen molar-refractivity contribution in [3.63, 3.8) is 0 Å². The summed E-state index contributed by atoms with van der Waals surface area (Å²) in [5.41, 5.74) is 23.2. The molecule has 0 amide bonds. The van der Waals surface area contributed by atoms with Gasteiger partial charge in [0.1, 0.15) is 11.2 Å². The highest BCUT2D eigenvalue weighted by Crippen LogP contribution is 2.65. The van der Waals surface area contributed by atoms with Crippen molar-refractivity contribution in [2.24, 2.45) is 0 Å². The molecule has 2 spiro atoms. The lowest BCUT2D eigenvalue weighted by Gasteiger charge is -2.40. The van der Waals surface area contributed by atoms with Gasteiger partial charge in [0, 0.05) is 36.3 Å². The number of fused-ring (bicyclic) bond motifs is 21. The maximum atomic E-state index is 6.60. The Hall–Kier alpha value is -8.54. The molecule has 0 radical (unpaired) electrons. The molecule has 1 aromatic heterocycles. The fourth-order valence-corrected chi connectivity index (χ4v) is 15.8. The molecule has 0 fully saturated rings. The van der Waals surface area contributed by atoms with Gasteiger partial charge in [0.15, 0.2) is 0 Å². The third kappa shape index (κ3) is 5.59. The van der Waals surface area contributed by atoms with Crippen molar-refractivity contribution in [2.75, 3.05) is 4.90 Å². The Morgan fingerprint density at radius 3 is 1.53 bits per heavy atom. The Morgan fingerprint density at radius 1 is 0.365 bits per heavy atom. The van der Waals surface area contributed by atoms with Crippen LogP contribution < -0.4 is 4.90 Å². The summed E-state index contributed by atoms with van der Waals surface area (Å²) in [4.78, 5) is 7.56. The number of nitrogens with zero attached hydrogens (tertiary/aromatic N) is 1. The summed E-state index contributed by atoms with van der Waals surface area (Å²) in [6.45, 7) is 4.14. The van der Waals surface area contributed by atoms with Crippen LogP contribution >= 0.6 is 23.5 Å². The van der Waals surface area contributed by atoms with E-state index in [4.69, 9.17) is 4.42 Å². The minimum absolute atomic E-state index is 0.482. The van der Waals surface area contributed by atoms with Gasteiger partial charge in [0.2, 0.25) is 0 Å². The predicted molar refractivity (Wildman–Crippen MR) is 307 cm³/mol. The molecular formula is C70H43NOS2. The molecule has 2 aliphatic heterocycles. The maximum Gasteiger partial charge on any atom is 0.137 e. The van der Waals surface area contributed by atoms with E-state index < -0.39 is 10.8 Å². The summed E-state index contributed by atoms with van der Waals surface area (Å²) < 4.78 is 6.60. The lowest BCUT2D eigenvalue weighted by molar-refractivity contribution is 0.669. The van der Waals surface area contributed by atoms with Crippen molar-refractivity contribution in [3.8, 4) is 33.4 Å². The van der Waals surface area contributed by atoms with E-state index in [-0.39, 0.29) is 0 Å². The van der Waals surface area contributed by atoms with Crippen LogP contribution in [0.4, 0.5) is 17.1 Å². The molecule has 0 saturated heterocycles. The normalized spacial score (nSPS) is 14.4. The summed E-state index contributed by atoms with van der Waals surface area (Å²) in [6, 6.07) is 90.6. The van der Waals surface area contributed by atoms with Gasteiger partial charge in [-0.3, -0.25) is 0 Å². The summed E-state index contributed by atoms with van der Waals surface area (Å²) in [6.07, 6.45) is 1.96. The first-order valence-electron chi connectivity index (χ1n) is 25.3. The van der Waals surface area contributed by atoms with Crippen molar-refractivity contribution >= 4 is 68.6 Å². The second kappa shape index (κ2) is 15.7. The fourth-order valence-electron chi connectivity index (χ4n) is 13.4. The molecule has 16 rings (SSSR count). The largest absolute Gasteiger partial charge is 0.456 e. The van der Waals surface area contributed by atoms with Gasteiger partial charge < -0.3 is 9.32 Å². The number of anilines is 3. The average Bonchev–Trinajstić information content (AvgIpc) is 4.17. The van der Waals surface area contributed by atoms with Gasteiger partial charge in [-0.1, -0.05) is 206 Å². The Bertz CT molecular complexity index is 4280. The van der Waals surface area contributed by atoms with E-state index in [1.807, 2.05) is 29.6 Å². The quantitative estimate of drug-likeness (QED) is 0.171. The van der Waals surface area contributed by atoms with E-state index in [1.54, 1.807) is 0 Å². The summed E-state index contributed by atoms with van der Waals surface area (Å²) >= 11 is 3.75. The molecule has 0 bridgehead atoms. The SMILES string of the molecule is C=Cc1ccc2c(c1)Sc1ccc(-c3ccc(N(c4ccc5c(c4)C4(c6ccccc6S5)c5ccccc5-c5ccccc54)c4cccc5oc6ccccc6c45)cc3)cc1C21c2ccccc2-c2ccccc21. The Morgan fingerprint density at radius 2 is 0.865 bits per heavy atom. The highest BCUT2D eigenvalue weighted by molar-refractivity contribution is 7.99. The summed E-state index contributed by atoms with van der Waals surface area (Å²) in [7, 11) is 0. The van der Waals surface area contributed by atoms with Gasteiger partial charge in [-0.05, 0) is 156 Å². The highest BCUT2D eigenvalue weighted by atomic mass is 32.2. The van der Waals surface area contributed by atoms with Crippen LogP contribution in [0.2, 0.25) is 0 Å². The van der Waals surface area contributed by atoms with Gasteiger partial charge in [0.25, 0.3) is 0 Å². The zero-order valence-corrected chi connectivity index (χ0v) is 41.7. The molecule has 74 heavy (non-hydrogen) atoms. The molecule has 346 valence electrons. The smallest absolute Gasteiger partial charge is 0.137 e. The van der Waals surface area contributed by atoms with Gasteiger partial charge in [-0.2, -0.15) is 0 Å². The number of hydrogen-bond acceptors (Lipinski definition) is 4. The third-order valence-corrected chi connectivity index (χ3v) is 18.7. The fraction of sp³-hybridized carbons (Fsp3) is 0.0286. The van der Waals surface area contributed by atoms with Crippen LogP contribution in [0.5, 0.6) is 0 Å². The zero-order valence-electron chi connectivity index (χ0n) is 40.1. The van der Waals surface area contributed by atoms with Crippen LogP contribution in [0.15, 0.2) is 273 Å². The minimum atomic E-state index is -0.513. The summed E-state index contributed by atoms with van der Waals surface area (Å²) in [5, 5.41) is 2.18. The first kappa shape index (κ1) is 42.0. The molecule has 2 aliphatic carbocycles. The molecule has 0 atom stereocenters. The van der Waals surface area contributed by atoms with E-state index in [0.717, 1.165) is 50.1 Å². The van der Waals surface area contributed by atoms with Crippen LogP contribution in [0.25, 0.3) is 61.4 Å². The van der Waals surface area contributed by atoms with Crippen LogP contribution in [-0.4, -0.2) is 0 Å². The lowest BCUT2D eigenvalue weighted by atomic mass is 9.67. The molecule has 0 unspecified atom stereocenters. The maximum absolute atomic E-state index is 6.60. The number of hydrogen-bond donors (Lipinski definition) is 0. The number of para-hydroxylation sites is 1. The molecule has 12 aromatic rings. The van der Waals surface area contributed by atoms with E-state index >= 15 is 0 Å². The van der Waals surface area contributed by atoms with E-state index in [2.05, 4.69) is 254 Å². The van der Waals surface area contributed by atoms with Gasteiger partial charge >= 0.3 is 0 Å². The molecule has 3 heterocycles. The van der Waals surface area contributed by atoms with Crippen molar-refractivity contribution in [1.82, 2.24) is 0 Å². The molecule has 0 saturated carbocycles. The third-order valence-electron chi connectivity index (χ3n) is 16.4. The Labute approximate surface area is 438 Å². The summed E-state index contributed by atoms with van der Waals surface area (Å²) in [5.74, 6) is 0. The zero-order chi connectivity index (χ0) is 48.7. The van der Waals surface area contributed by atoms with Crippen LogP contribution in [0, 0.1) is 0 Å². The first-order valence-corrected chi connectivity index (χ1v) is 27.0. The number of furan rings is 1. The van der Waals surface area contributed by atoms with Crippen LogP contribution in [0.1, 0.15) is 50.1 Å². The van der Waals surface area contributed by atoms with E-state index in [9.17, 15) is 0 Å². The van der Waals surface area contributed by atoms with Crippen molar-refractivity contribution in [3.05, 3.63) is 299 Å². The standard InChI is InChI=1S/C70H43NOS2/c1-2-43-30-37-58-67(40-43)74-65-38-33-45(41-59(65)70(58)55-23-10-5-18-50(55)51-19-6-11-24-56(51)70)44-31-34-46(35-32-44)71(61-26-15-28-63-68(61)52-20-7-13-27-62(52)72-63)47-36-39-66-60(42-47)69(57-25-12-14-29-64(57)73-66)53-21-8-3-16-48(53)49-17-4-9-22-54(49)69/h2-42H,1H2. The molecule has 4 aliphatic rings. The molecule has 4 heteroatoms. The van der Waals surface area contributed by atoms with E-state index in [0.29, 0.717) is 0 Å². The van der Waals surface area contributed by atoms with Crippen LogP contribution in [0.3, 0.4) is 0 Å². The first-order chi connectivity index (χ1) is 36.6. The second-order valence-corrected chi connectivity index (χ2v) is 22.0. The van der Waals surface area contributed by atoms with Crippen molar-refractivity contribution < 1.29 is 4.42 Å². The predicted octanol–water partition coefficient (Wildman–Crippen LogP) is 19.0. The Kier molecular flexibility index (Phi) is 8.93. The highest BCUT2D eigenvalue weighted by Gasteiger charge is 2.52. The molecular weight excluding hydrogens is 935 g/mol. The topological polar surface area (TPSA) is 16.4 Å². The minimum Gasteiger partial charge on any atom is -0.456 e. The number of rotatable bonds is 5. The number of benzene rings is 11. The van der Waals surface area contributed by atoms with E-state index in [1.165, 1.54) is 91.9 Å². The van der Waals surface area contributed by atoms with Gasteiger partial charge in [-0.15, -0.1) is 0 Å². The molecule has 2 nitrogen and oxygen atoms in total. The average molecular weight is 978 g/mol.